The van der Waals surface area contributed by atoms with Crippen LogP contribution in [-0.2, 0) is 11.3 Å². The molecule has 0 bridgehead atoms. The number of hydrogen-bond donors (Lipinski definition) is 3. The van der Waals surface area contributed by atoms with Gasteiger partial charge in [-0.3, -0.25) is 4.79 Å². The molecule has 3 amide bonds. The fourth-order valence-corrected chi connectivity index (χ4v) is 3.29. The lowest BCUT2D eigenvalue weighted by atomic mass is 10.1. The maximum atomic E-state index is 11.9. The Kier molecular flexibility index (Phi) is 5.71. The van der Waals surface area contributed by atoms with E-state index in [2.05, 4.69) is 37.9 Å². The third kappa shape index (κ3) is 5.06. The number of nitrogens with one attached hydrogen (secondary N) is 3. The molecule has 1 aliphatic carbocycles. The van der Waals surface area contributed by atoms with Gasteiger partial charge in [0.15, 0.2) is 0 Å². The number of rotatable bonds is 6. The molecule has 130 valence electrons. The lowest BCUT2D eigenvalue weighted by molar-refractivity contribution is -0.120. The molecule has 2 atom stereocenters. The van der Waals surface area contributed by atoms with Gasteiger partial charge in [0.25, 0.3) is 0 Å². The van der Waals surface area contributed by atoms with Gasteiger partial charge in [0.2, 0.25) is 5.91 Å². The van der Waals surface area contributed by atoms with Crippen LogP contribution in [0.5, 0.6) is 0 Å². The molecule has 2 aromatic rings. The summed E-state index contributed by atoms with van der Waals surface area (Å²) < 4.78 is 1.06. The van der Waals surface area contributed by atoms with Crippen LogP contribution in [0.1, 0.15) is 23.5 Å². The predicted octanol–water partition coefficient (Wildman–Crippen LogP) is 2.92. The minimum absolute atomic E-state index is 0.0366. The van der Waals surface area contributed by atoms with Crippen molar-refractivity contribution in [2.75, 3.05) is 6.54 Å². The summed E-state index contributed by atoms with van der Waals surface area (Å²) in [6.07, 6.45) is 0.913. The summed E-state index contributed by atoms with van der Waals surface area (Å²) >= 11 is 3.54. The summed E-state index contributed by atoms with van der Waals surface area (Å²) in [6.45, 7) is 0.417. The lowest BCUT2D eigenvalue weighted by Gasteiger charge is -2.09. The average Bonchev–Trinajstić information content (AvgIpc) is 3.38. The average molecular weight is 402 g/mol. The lowest BCUT2D eigenvalue weighted by Crippen LogP contribution is -2.42. The molecular formula is C19H20BrN3O2. The standard InChI is InChI=1S/C19H20BrN3O2/c20-16-9-5-4-8-14(16)15-10-17(15)23-19(25)22-12-18(24)21-11-13-6-2-1-3-7-13/h1-9,15,17H,10-12H2,(H,21,24)(H2,22,23,25). The Morgan fingerprint density at radius 1 is 1.00 bits per heavy atom. The molecule has 2 unspecified atom stereocenters. The highest BCUT2D eigenvalue weighted by Crippen LogP contribution is 2.43. The molecule has 6 heteroatoms. The number of halogens is 1. The summed E-state index contributed by atoms with van der Waals surface area (Å²) in [5.74, 6) is 0.116. The van der Waals surface area contributed by atoms with Crippen LogP contribution in [0.15, 0.2) is 59.1 Å². The number of carbonyl (C=O) groups is 2. The summed E-state index contributed by atoms with van der Waals surface area (Å²) in [5.41, 5.74) is 2.22. The Morgan fingerprint density at radius 3 is 2.48 bits per heavy atom. The zero-order valence-electron chi connectivity index (χ0n) is 13.7. The first-order valence-corrected chi connectivity index (χ1v) is 9.02. The van der Waals surface area contributed by atoms with E-state index in [0.717, 1.165) is 16.5 Å². The van der Waals surface area contributed by atoms with E-state index in [9.17, 15) is 9.59 Å². The van der Waals surface area contributed by atoms with Crippen molar-refractivity contribution in [3.8, 4) is 0 Å². The molecule has 3 rings (SSSR count). The van der Waals surface area contributed by atoms with E-state index in [1.165, 1.54) is 5.56 Å². The van der Waals surface area contributed by atoms with Crippen molar-refractivity contribution in [2.24, 2.45) is 0 Å². The Labute approximate surface area is 155 Å². The van der Waals surface area contributed by atoms with Crippen LogP contribution in [0.2, 0.25) is 0 Å². The number of hydrogen-bond acceptors (Lipinski definition) is 2. The summed E-state index contributed by atoms with van der Waals surface area (Å²) in [7, 11) is 0. The van der Waals surface area contributed by atoms with E-state index in [0.29, 0.717) is 12.5 Å². The molecular weight excluding hydrogens is 382 g/mol. The Balaban J connectivity index is 1.36. The van der Waals surface area contributed by atoms with E-state index < -0.39 is 0 Å². The first-order valence-electron chi connectivity index (χ1n) is 8.23. The van der Waals surface area contributed by atoms with Gasteiger partial charge in [0.1, 0.15) is 0 Å². The number of benzene rings is 2. The minimum atomic E-state index is -0.311. The molecule has 1 saturated carbocycles. The molecule has 3 N–H and O–H groups in total. The second-order valence-corrected chi connectivity index (χ2v) is 6.91. The number of urea groups is 1. The van der Waals surface area contributed by atoms with Gasteiger partial charge in [-0.15, -0.1) is 0 Å². The zero-order valence-corrected chi connectivity index (χ0v) is 15.3. The Hall–Kier alpha value is -2.34. The van der Waals surface area contributed by atoms with E-state index in [-0.39, 0.29) is 24.5 Å². The molecule has 0 radical (unpaired) electrons. The number of amides is 3. The summed E-state index contributed by atoms with van der Waals surface area (Å²) in [6, 6.07) is 17.5. The summed E-state index contributed by atoms with van der Waals surface area (Å²) in [4.78, 5) is 23.7. The van der Waals surface area contributed by atoms with Crippen LogP contribution in [0.4, 0.5) is 4.79 Å². The van der Waals surface area contributed by atoms with Gasteiger partial charge in [0.05, 0.1) is 6.54 Å². The van der Waals surface area contributed by atoms with Gasteiger partial charge < -0.3 is 16.0 Å². The van der Waals surface area contributed by atoms with Crippen LogP contribution in [0.25, 0.3) is 0 Å². The fourth-order valence-electron chi connectivity index (χ4n) is 2.71. The minimum Gasteiger partial charge on any atom is -0.350 e. The van der Waals surface area contributed by atoms with E-state index in [1.807, 2.05) is 48.5 Å². The Bertz CT molecular complexity index is 751. The second-order valence-electron chi connectivity index (χ2n) is 6.06. The number of carbonyl (C=O) groups excluding carboxylic acids is 2. The highest BCUT2D eigenvalue weighted by Gasteiger charge is 2.40. The van der Waals surface area contributed by atoms with Crippen molar-refractivity contribution in [1.29, 1.82) is 0 Å². The van der Waals surface area contributed by atoms with Gasteiger partial charge in [0, 0.05) is 23.0 Å². The zero-order chi connectivity index (χ0) is 17.6. The first-order chi connectivity index (χ1) is 12.1. The van der Waals surface area contributed by atoms with Gasteiger partial charge in [-0.25, -0.2) is 4.79 Å². The molecule has 25 heavy (non-hydrogen) atoms. The molecule has 2 aromatic carbocycles. The van der Waals surface area contributed by atoms with Crippen molar-refractivity contribution in [3.05, 3.63) is 70.2 Å². The topological polar surface area (TPSA) is 70.2 Å². The largest absolute Gasteiger partial charge is 0.350 e. The highest BCUT2D eigenvalue weighted by atomic mass is 79.9. The molecule has 5 nitrogen and oxygen atoms in total. The van der Waals surface area contributed by atoms with Crippen molar-refractivity contribution < 1.29 is 9.59 Å². The van der Waals surface area contributed by atoms with Crippen LogP contribution in [0.3, 0.4) is 0 Å². The molecule has 0 aromatic heterocycles. The SMILES string of the molecule is O=C(CNC(=O)NC1CC1c1ccccc1Br)NCc1ccccc1. The fraction of sp³-hybridized carbons (Fsp3) is 0.263. The van der Waals surface area contributed by atoms with Gasteiger partial charge in [-0.2, -0.15) is 0 Å². The van der Waals surface area contributed by atoms with Crippen LogP contribution < -0.4 is 16.0 Å². The van der Waals surface area contributed by atoms with Crippen molar-refractivity contribution in [2.45, 2.75) is 24.9 Å². The van der Waals surface area contributed by atoms with Crippen LogP contribution >= 0.6 is 15.9 Å². The third-order valence-corrected chi connectivity index (χ3v) is 4.88. The predicted molar refractivity (Wildman–Crippen MR) is 100 cm³/mol. The monoisotopic (exact) mass is 401 g/mol. The molecule has 0 spiro atoms. The molecule has 1 fully saturated rings. The summed E-state index contributed by atoms with van der Waals surface area (Å²) in [5, 5.41) is 8.29. The van der Waals surface area contributed by atoms with E-state index >= 15 is 0 Å². The Morgan fingerprint density at radius 2 is 1.72 bits per heavy atom. The van der Waals surface area contributed by atoms with Crippen molar-refractivity contribution >= 4 is 27.9 Å². The molecule has 0 heterocycles. The highest BCUT2D eigenvalue weighted by molar-refractivity contribution is 9.10. The van der Waals surface area contributed by atoms with Crippen molar-refractivity contribution in [1.82, 2.24) is 16.0 Å². The molecule has 0 aliphatic heterocycles. The molecule has 0 saturated heterocycles. The normalized spacial score (nSPS) is 18.3. The van der Waals surface area contributed by atoms with Gasteiger partial charge in [-0.05, 0) is 23.6 Å². The quantitative estimate of drug-likeness (QED) is 0.696. The van der Waals surface area contributed by atoms with E-state index in [1.54, 1.807) is 0 Å². The smallest absolute Gasteiger partial charge is 0.315 e. The van der Waals surface area contributed by atoms with Crippen LogP contribution in [-0.4, -0.2) is 24.5 Å². The van der Waals surface area contributed by atoms with Crippen molar-refractivity contribution in [3.63, 3.8) is 0 Å². The molecule has 1 aliphatic rings. The maximum absolute atomic E-state index is 11.9. The van der Waals surface area contributed by atoms with Gasteiger partial charge >= 0.3 is 6.03 Å². The van der Waals surface area contributed by atoms with E-state index in [4.69, 9.17) is 0 Å². The maximum Gasteiger partial charge on any atom is 0.315 e. The van der Waals surface area contributed by atoms with Gasteiger partial charge in [-0.1, -0.05) is 64.5 Å². The second kappa shape index (κ2) is 8.16. The first kappa shape index (κ1) is 17.5. The van der Waals surface area contributed by atoms with Crippen LogP contribution in [0, 0.1) is 0 Å². The third-order valence-electron chi connectivity index (χ3n) is 4.15.